The van der Waals surface area contributed by atoms with Crippen molar-refractivity contribution >= 4 is 22.8 Å². The molecule has 0 aliphatic carbocycles. The van der Waals surface area contributed by atoms with Gasteiger partial charge >= 0.3 is 0 Å². The highest BCUT2D eigenvalue weighted by Gasteiger charge is 2.21. The average molecular weight is 259 g/mol. The predicted octanol–water partition coefficient (Wildman–Crippen LogP) is 1.45. The van der Waals surface area contributed by atoms with Gasteiger partial charge in [0.25, 0.3) is 0 Å². The molecular weight excluding hydrogens is 242 g/mol. The number of hydrogen-bond donors (Lipinski definition) is 3. The van der Waals surface area contributed by atoms with Crippen molar-refractivity contribution < 1.29 is 10.4 Å². The van der Waals surface area contributed by atoms with Crippen LogP contribution in [0.1, 0.15) is 12.5 Å². The van der Waals surface area contributed by atoms with Crippen LogP contribution in [-0.2, 0) is 6.54 Å². The first-order valence-corrected chi connectivity index (χ1v) is 6.43. The largest absolute Gasteiger partial charge is 0.595 e. The second kappa shape index (κ2) is 4.70. The molecule has 0 saturated carbocycles. The molecule has 1 aromatic heterocycles. The van der Waals surface area contributed by atoms with E-state index in [2.05, 4.69) is 22.9 Å². The van der Waals surface area contributed by atoms with Gasteiger partial charge < -0.3 is 15.1 Å². The maximum absolute atomic E-state index is 10.7. The lowest BCUT2D eigenvalue weighted by molar-refractivity contribution is -1.00. The normalized spacial score (nSPS) is 20.5. The molecule has 3 rings (SSSR count). The molecule has 0 amide bonds. The Morgan fingerprint density at radius 2 is 2.26 bits per heavy atom. The minimum atomic E-state index is -0.923. The molecule has 3 N–H and O–H groups in total. The van der Waals surface area contributed by atoms with Gasteiger partial charge in [0.1, 0.15) is 12.0 Å². The van der Waals surface area contributed by atoms with Crippen LogP contribution in [-0.4, -0.2) is 16.3 Å². The van der Waals surface area contributed by atoms with Gasteiger partial charge in [-0.25, -0.2) is 10.4 Å². The Morgan fingerprint density at radius 1 is 1.47 bits per heavy atom. The minimum absolute atomic E-state index is 0.569. The van der Waals surface area contributed by atoms with Crippen LogP contribution in [0.15, 0.2) is 30.5 Å². The molecule has 2 atom stereocenters. The number of para-hydroxylation sites is 1. The molecule has 0 fully saturated rings. The topological polar surface area (TPSA) is 64.7 Å². The zero-order chi connectivity index (χ0) is 13.4. The number of quaternary nitrogens is 1. The lowest BCUT2D eigenvalue weighted by atomic mass is 10.1. The van der Waals surface area contributed by atoms with E-state index in [1.165, 1.54) is 6.20 Å². The number of nitrogens with one attached hydrogen (secondary N) is 2. The van der Waals surface area contributed by atoms with Crippen molar-refractivity contribution in [3.63, 3.8) is 0 Å². The first-order valence-electron chi connectivity index (χ1n) is 6.43. The number of benzene rings is 1. The second-order valence-corrected chi connectivity index (χ2v) is 5.05. The Morgan fingerprint density at radius 3 is 3.05 bits per heavy atom. The van der Waals surface area contributed by atoms with Crippen LogP contribution in [0.2, 0.25) is 0 Å². The standard InChI is InChI=1S/C14H17N3O2/c1-10-8-15-14-12(6-7-17(18)19)11-4-2-3-5-13(11)16(14)9-10/h2-7,10,15,17-18H,8-9H2,1H3. The second-order valence-electron chi connectivity index (χ2n) is 5.05. The van der Waals surface area contributed by atoms with Crippen LogP contribution in [0, 0.1) is 11.1 Å². The van der Waals surface area contributed by atoms with Crippen LogP contribution < -0.4 is 10.5 Å². The van der Waals surface area contributed by atoms with Gasteiger partial charge in [0, 0.05) is 30.1 Å². The van der Waals surface area contributed by atoms with Gasteiger partial charge in [-0.05, 0) is 12.0 Å². The summed E-state index contributed by atoms with van der Waals surface area (Å²) in [7, 11) is 0. The van der Waals surface area contributed by atoms with Crippen molar-refractivity contribution in [1.82, 2.24) is 4.57 Å². The van der Waals surface area contributed by atoms with Crippen molar-refractivity contribution in [2.75, 3.05) is 11.9 Å². The molecule has 0 saturated heterocycles. The fourth-order valence-corrected chi connectivity index (χ4v) is 2.68. The van der Waals surface area contributed by atoms with E-state index < -0.39 is 5.23 Å². The molecular formula is C14H17N3O2. The van der Waals surface area contributed by atoms with Crippen LogP contribution in [0.5, 0.6) is 0 Å². The summed E-state index contributed by atoms with van der Waals surface area (Å²) in [5.74, 6) is 1.59. The van der Waals surface area contributed by atoms with E-state index in [4.69, 9.17) is 5.21 Å². The van der Waals surface area contributed by atoms with Gasteiger partial charge in [-0.15, -0.1) is 0 Å². The fourth-order valence-electron chi connectivity index (χ4n) is 2.68. The zero-order valence-electron chi connectivity index (χ0n) is 10.8. The lowest BCUT2D eigenvalue weighted by Crippen LogP contribution is -2.99. The van der Waals surface area contributed by atoms with Gasteiger partial charge in [-0.1, -0.05) is 25.1 Å². The first-order chi connectivity index (χ1) is 9.16. The van der Waals surface area contributed by atoms with E-state index in [0.717, 1.165) is 35.4 Å². The summed E-state index contributed by atoms with van der Waals surface area (Å²) in [5.41, 5.74) is 2.12. The SMILES string of the molecule is CC1CNc2c(C=C[NH+]([O-])O)c3ccccc3n2C1. The maximum atomic E-state index is 10.7. The molecule has 2 heterocycles. The van der Waals surface area contributed by atoms with E-state index in [9.17, 15) is 5.21 Å². The van der Waals surface area contributed by atoms with Crippen molar-refractivity contribution in [2.45, 2.75) is 13.5 Å². The first kappa shape index (κ1) is 12.2. The van der Waals surface area contributed by atoms with E-state index in [-0.39, 0.29) is 0 Å². The van der Waals surface area contributed by atoms with Gasteiger partial charge in [-0.3, -0.25) is 0 Å². The molecule has 0 spiro atoms. The van der Waals surface area contributed by atoms with Gasteiger partial charge in [-0.2, -0.15) is 0 Å². The van der Waals surface area contributed by atoms with Crippen LogP contribution in [0.25, 0.3) is 17.0 Å². The molecule has 2 aromatic rings. The third-order valence-electron chi connectivity index (χ3n) is 3.51. The van der Waals surface area contributed by atoms with E-state index in [1.54, 1.807) is 6.08 Å². The summed E-state index contributed by atoms with van der Waals surface area (Å²) in [6.45, 7) is 4.09. The molecule has 5 nitrogen and oxygen atoms in total. The summed E-state index contributed by atoms with van der Waals surface area (Å²) in [4.78, 5) is 0. The molecule has 0 radical (unpaired) electrons. The number of rotatable bonds is 2. The quantitative estimate of drug-likeness (QED) is 0.715. The summed E-state index contributed by atoms with van der Waals surface area (Å²) in [6, 6.07) is 8.11. The Kier molecular flexibility index (Phi) is 3.02. The number of aromatic nitrogens is 1. The molecule has 1 aliphatic rings. The highest BCUT2D eigenvalue weighted by Crippen LogP contribution is 2.34. The van der Waals surface area contributed by atoms with Gasteiger partial charge in [0.15, 0.2) is 0 Å². The molecule has 2 unspecified atom stereocenters. The Bertz CT molecular complexity index is 631. The molecule has 1 aliphatic heterocycles. The van der Waals surface area contributed by atoms with Crippen molar-refractivity contribution in [3.05, 3.63) is 41.2 Å². The monoisotopic (exact) mass is 259 g/mol. The van der Waals surface area contributed by atoms with E-state index in [1.807, 2.05) is 18.2 Å². The number of nitrogens with zero attached hydrogens (tertiary/aromatic N) is 1. The lowest BCUT2D eigenvalue weighted by Gasteiger charge is -2.24. The Hall–Kier alpha value is -1.82. The van der Waals surface area contributed by atoms with Crippen LogP contribution in [0.3, 0.4) is 0 Å². The zero-order valence-corrected chi connectivity index (χ0v) is 10.8. The van der Waals surface area contributed by atoms with E-state index >= 15 is 0 Å². The summed E-state index contributed by atoms with van der Waals surface area (Å²) < 4.78 is 2.24. The maximum Gasteiger partial charge on any atom is 0.128 e. The highest BCUT2D eigenvalue weighted by molar-refractivity contribution is 5.96. The van der Waals surface area contributed by atoms with Crippen LogP contribution in [0.4, 0.5) is 5.82 Å². The van der Waals surface area contributed by atoms with Gasteiger partial charge in [0.05, 0.1) is 5.52 Å². The van der Waals surface area contributed by atoms with E-state index in [0.29, 0.717) is 5.92 Å². The van der Waals surface area contributed by atoms with Crippen LogP contribution >= 0.6 is 0 Å². The molecule has 0 bridgehead atoms. The fraction of sp³-hybridized carbons (Fsp3) is 0.286. The smallest absolute Gasteiger partial charge is 0.128 e. The minimum Gasteiger partial charge on any atom is -0.595 e. The molecule has 19 heavy (non-hydrogen) atoms. The highest BCUT2D eigenvalue weighted by atomic mass is 16.8. The molecule has 5 heteroatoms. The third-order valence-corrected chi connectivity index (χ3v) is 3.51. The van der Waals surface area contributed by atoms with Crippen molar-refractivity contribution in [1.29, 1.82) is 0 Å². The number of anilines is 1. The van der Waals surface area contributed by atoms with Crippen molar-refractivity contribution in [2.24, 2.45) is 5.92 Å². The summed E-state index contributed by atoms with van der Waals surface area (Å²) in [5, 5.41) is 23.1. The summed E-state index contributed by atoms with van der Waals surface area (Å²) in [6.07, 6.45) is 2.88. The molecule has 1 aromatic carbocycles. The summed E-state index contributed by atoms with van der Waals surface area (Å²) >= 11 is 0. The van der Waals surface area contributed by atoms with Crippen molar-refractivity contribution in [3.8, 4) is 0 Å². The molecule has 100 valence electrons. The Balaban J connectivity index is 2.20. The predicted molar refractivity (Wildman–Crippen MR) is 74.7 cm³/mol. The number of hydrogen-bond acceptors (Lipinski definition) is 3. The number of hydroxylamine groups is 2. The third kappa shape index (κ3) is 2.12. The number of fused-ring (bicyclic) bond motifs is 3. The Labute approximate surface area is 111 Å². The van der Waals surface area contributed by atoms with Gasteiger partial charge in [0.2, 0.25) is 0 Å². The average Bonchev–Trinajstić information content (AvgIpc) is 2.70.